The Morgan fingerprint density at radius 3 is 2.25 bits per heavy atom. The van der Waals surface area contributed by atoms with Gasteiger partial charge in [0.25, 0.3) is 0 Å². The van der Waals surface area contributed by atoms with Crippen molar-refractivity contribution in [3.63, 3.8) is 0 Å². The molecule has 0 amide bonds. The number of aliphatic hydroxyl groups is 1. The molecular weight excluding hydrogens is 102 g/mol. The van der Waals surface area contributed by atoms with Crippen LogP contribution in [0.4, 0.5) is 0 Å². The minimum Gasteiger partial charge on any atom is -0.391 e. The van der Waals surface area contributed by atoms with Gasteiger partial charge in [0, 0.05) is 12.6 Å². The van der Waals surface area contributed by atoms with E-state index in [2.05, 4.69) is 19.2 Å². The lowest BCUT2D eigenvalue weighted by molar-refractivity contribution is 0.149. The lowest BCUT2D eigenvalue weighted by atomic mass is 10.0. The lowest BCUT2D eigenvalue weighted by Gasteiger charge is -2.09. The highest BCUT2D eigenvalue weighted by Gasteiger charge is 2.26. The summed E-state index contributed by atoms with van der Waals surface area (Å²) >= 11 is 0. The standard InChI is InChI=1S/C6H13NO/c1-4-5(2)7-3-6(4)8/h4-8H,3H2,1-2H3/t4-,5+,6-/m0/s1. The molecule has 0 aromatic carbocycles. The Morgan fingerprint density at radius 2 is 2.12 bits per heavy atom. The molecular formula is C6H13NO. The highest BCUT2D eigenvalue weighted by molar-refractivity contribution is 4.83. The molecule has 0 aromatic rings. The first-order chi connectivity index (χ1) is 3.72. The van der Waals surface area contributed by atoms with Crippen LogP contribution in [-0.2, 0) is 0 Å². The Bertz CT molecular complexity index is 74.6. The van der Waals surface area contributed by atoms with Crippen LogP contribution >= 0.6 is 0 Å². The number of hydrogen-bond donors (Lipinski definition) is 2. The Morgan fingerprint density at radius 1 is 1.50 bits per heavy atom. The molecule has 1 aliphatic rings. The van der Waals surface area contributed by atoms with Crippen LogP contribution in [0.25, 0.3) is 0 Å². The fourth-order valence-electron chi connectivity index (χ4n) is 1.01. The second-order valence-corrected chi connectivity index (χ2v) is 2.62. The summed E-state index contributed by atoms with van der Waals surface area (Å²) in [7, 11) is 0. The van der Waals surface area contributed by atoms with Crippen molar-refractivity contribution < 1.29 is 5.11 Å². The number of aliphatic hydroxyl groups excluding tert-OH is 1. The van der Waals surface area contributed by atoms with E-state index in [0.717, 1.165) is 6.54 Å². The number of nitrogens with one attached hydrogen (secondary N) is 1. The molecule has 1 rings (SSSR count). The Kier molecular flexibility index (Phi) is 1.54. The van der Waals surface area contributed by atoms with Crippen LogP contribution in [0.5, 0.6) is 0 Å². The summed E-state index contributed by atoms with van der Waals surface area (Å²) in [5, 5.41) is 12.3. The Balaban J connectivity index is 2.44. The molecule has 0 aliphatic carbocycles. The molecule has 1 fully saturated rings. The molecule has 2 N–H and O–H groups in total. The van der Waals surface area contributed by atoms with Crippen molar-refractivity contribution >= 4 is 0 Å². The molecule has 0 spiro atoms. The summed E-state index contributed by atoms with van der Waals surface area (Å²) in [6.45, 7) is 4.93. The first kappa shape index (κ1) is 6.05. The zero-order valence-electron chi connectivity index (χ0n) is 5.39. The van der Waals surface area contributed by atoms with Gasteiger partial charge in [0.15, 0.2) is 0 Å². The van der Waals surface area contributed by atoms with E-state index in [0.29, 0.717) is 12.0 Å². The van der Waals surface area contributed by atoms with Crippen LogP contribution < -0.4 is 5.32 Å². The topological polar surface area (TPSA) is 32.3 Å². The zero-order chi connectivity index (χ0) is 6.15. The smallest absolute Gasteiger partial charge is 0.0704 e. The summed E-state index contributed by atoms with van der Waals surface area (Å²) in [5.74, 6) is 0.426. The molecule has 0 radical (unpaired) electrons. The van der Waals surface area contributed by atoms with Gasteiger partial charge in [-0.05, 0) is 12.8 Å². The van der Waals surface area contributed by atoms with Crippen LogP contribution in [0.15, 0.2) is 0 Å². The van der Waals surface area contributed by atoms with Crippen LogP contribution in [0.2, 0.25) is 0 Å². The number of β-amino-alcohol motifs (C(OH)–C–C–N with tert-alkyl or cyclic N) is 1. The Hall–Kier alpha value is -0.0800. The van der Waals surface area contributed by atoms with E-state index in [1.165, 1.54) is 0 Å². The molecule has 0 bridgehead atoms. The van der Waals surface area contributed by atoms with Crippen molar-refractivity contribution in [1.29, 1.82) is 0 Å². The quantitative estimate of drug-likeness (QED) is 0.465. The maximum absolute atomic E-state index is 9.11. The van der Waals surface area contributed by atoms with E-state index in [1.807, 2.05) is 0 Å². The zero-order valence-corrected chi connectivity index (χ0v) is 5.39. The van der Waals surface area contributed by atoms with Crippen molar-refractivity contribution in [3.05, 3.63) is 0 Å². The molecule has 0 unspecified atom stereocenters. The van der Waals surface area contributed by atoms with Crippen LogP contribution in [0, 0.1) is 5.92 Å². The molecule has 0 saturated carbocycles. The molecule has 1 aliphatic heterocycles. The molecule has 3 atom stereocenters. The lowest BCUT2D eigenvalue weighted by Crippen LogP contribution is -2.21. The minimum absolute atomic E-state index is 0.120. The van der Waals surface area contributed by atoms with Gasteiger partial charge in [-0.15, -0.1) is 0 Å². The minimum atomic E-state index is -0.120. The van der Waals surface area contributed by atoms with Gasteiger partial charge in [0.05, 0.1) is 6.10 Å². The first-order valence-electron chi connectivity index (χ1n) is 3.13. The van der Waals surface area contributed by atoms with Crippen molar-refractivity contribution in [2.24, 2.45) is 5.92 Å². The third kappa shape index (κ3) is 0.858. The van der Waals surface area contributed by atoms with Gasteiger partial charge < -0.3 is 10.4 Å². The highest BCUT2D eigenvalue weighted by atomic mass is 16.3. The van der Waals surface area contributed by atoms with Crippen molar-refractivity contribution in [1.82, 2.24) is 5.32 Å². The van der Waals surface area contributed by atoms with Crippen LogP contribution in [-0.4, -0.2) is 23.8 Å². The van der Waals surface area contributed by atoms with Gasteiger partial charge in [-0.25, -0.2) is 0 Å². The van der Waals surface area contributed by atoms with Gasteiger partial charge in [-0.3, -0.25) is 0 Å². The largest absolute Gasteiger partial charge is 0.391 e. The van der Waals surface area contributed by atoms with Gasteiger partial charge in [-0.2, -0.15) is 0 Å². The van der Waals surface area contributed by atoms with Crippen molar-refractivity contribution in [2.45, 2.75) is 26.0 Å². The molecule has 1 heterocycles. The maximum atomic E-state index is 9.11. The van der Waals surface area contributed by atoms with E-state index < -0.39 is 0 Å². The predicted molar refractivity (Wildman–Crippen MR) is 32.6 cm³/mol. The fraction of sp³-hybridized carbons (Fsp3) is 1.00. The maximum Gasteiger partial charge on any atom is 0.0704 e. The number of rotatable bonds is 0. The predicted octanol–water partition coefficient (Wildman–Crippen LogP) is -0.0249. The van der Waals surface area contributed by atoms with E-state index in [4.69, 9.17) is 5.11 Å². The second-order valence-electron chi connectivity index (χ2n) is 2.62. The summed E-state index contributed by atoms with van der Waals surface area (Å²) in [5.41, 5.74) is 0. The highest BCUT2D eigenvalue weighted by Crippen LogP contribution is 2.13. The van der Waals surface area contributed by atoms with E-state index >= 15 is 0 Å². The summed E-state index contributed by atoms with van der Waals surface area (Å²) in [6.07, 6.45) is -0.120. The van der Waals surface area contributed by atoms with Crippen molar-refractivity contribution in [2.75, 3.05) is 6.54 Å². The van der Waals surface area contributed by atoms with Gasteiger partial charge >= 0.3 is 0 Å². The first-order valence-corrected chi connectivity index (χ1v) is 3.13. The third-order valence-electron chi connectivity index (χ3n) is 2.04. The molecule has 1 saturated heterocycles. The monoisotopic (exact) mass is 115 g/mol. The molecule has 48 valence electrons. The van der Waals surface area contributed by atoms with Gasteiger partial charge in [0.1, 0.15) is 0 Å². The van der Waals surface area contributed by atoms with E-state index in [-0.39, 0.29) is 6.10 Å². The number of hydrogen-bond acceptors (Lipinski definition) is 2. The fourth-order valence-corrected chi connectivity index (χ4v) is 1.01. The summed E-state index contributed by atoms with van der Waals surface area (Å²) < 4.78 is 0. The second kappa shape index (κ2) is 2.03. The van der Waals surface area contributed by atoms with Gasteiger partial charge in [-0.1, -0.05) is 6.92 Å². The van der Waals surface area contributed by atoms with Crippen LogP contribution in [0.3, 0.4) is 0 Å². The summed E-state index contributed by atoms with van der Waals surface area (Å²) in [4.78, 5) is 0. The van der Waals surface area contributed by atoms with Gasteiger partial charge in [0.2, 0.25) is 0 Å². The van der Waals surface area contributed by atoms with E-state index in [9.17, 15) is 0 Å². The molecule has 8 heavy (non-hydrogen) atoms. The Labute approximate surface area is 49.9 Å². The molecule has 0 aromatic heterocycles. The summed E-state index contributed by atoms with van der Waals surface area (Å²) in [6, 6.07) is 0.491. The normalized spacial score (nSPS) is 47.6. The molecule has 2 nitrogen and oxygen atoms in total. The average molecular weight is 115 g/mol. The van der Waals surface area contributed by atoms with Crippen molar-refractivity contribution in [3.8, 4) is 0 Å². The van der Waals surface area contributed by atoms with Crippen LogP contribution in [0.1, 0.15) is 13.8 Å². The van der Waals surface area contributed by atoms with E-state index in [1.54, 1.807) is 0 Å². The third-order valence-corrected chi connectivity index (χ3v) is 2.04. The molecule has 2 heteroatoms. The average Bonchev–Trinajstić information content (AvgIpc) is 1.98. The SMILES string of the molecule is C[C@@H]1[C@@H](O)CN[C@@H]1C.